The normalized spacial score (nSPS) is 10.8. The lowest BCUT2D eigenvalue weighted by atomic mass is 10.1. The van der Waals surface area contributed by atoms with Gasteiger partial charge >= 0.3 is 0 Å². The third-order valence-corrected chi connectivity index (χ3v) is 5.20. The van der Waals surface area contributed by atoms with Crippen LogP contribution in [-0.2, 0) is 13.5 Å². The molecule has 0 unspecified atom stereocenters. The van der Waals surface area contributed by atoms with Gasteiger partial charge in [0.2, 0.25) is 0 Å². The van der Waals surface area contributed by atoms with Crippen molar-refractivity contribution >= 4 is 16.3 Å². The fourth-order valence-corrected chi connectivity index (χ4v) is 3.72. The predicted octanol–water partition coefficient (Wildman–Crippen LogP) is 4.07. The Morgan fingerprint density at radius 2 is 1.96 bits per heavy atom. The van der Waals surface area contributed by atoms with E-state index < -0.39 is 0 Å². The number of aromatic nitrogens is 4. The van der Waals surface area contributed by atoms with Gasteiger partial charge < -0.3 is 0 Å². The van der Waals surface area contributed by atoms with Crippen molar-refractivity contribution in [1.82, 2.24) is 19.2 Å². The average Bonchev–Trinajstić information content (AvgIpc) is 3.29. The Labute approximate surface area is 150 Å². The zero-order valence-corrected chi connectivity index (χ0v) is 15.3. The van der Waals surface area contributed by atoms with E-state index in [1.165, 1.54) is 5.56 Å². The smallest absolute Gasteiger partial charge is 0.195 e. The van der Waals surface area contributed by atoms with Gasteiger partial charge in [0.1, 0.15) is 5.69 Å². The Morgan fingerprint density at radius 1 is 1.16 bits per heavy atom. The minimum absolute atomic E-state index is 0.896. The first-order chi connectivity index (χ1) is 12.2. The Bertz CT molecular complexity index is 1100. The van der Waals surface area contributed by atoms with Crippen LogP contribution >= 0.6 is 11.3 Å². The van der Waals surface area contributed by atoms with E-state index in [0.717, 1.165) is 39.7 Å². The summed E-state index contributed by atoms with van der Waals surface area (Å²) in [6.45, 7) is 4.17. The lowest BCUT2D eigenvalue weighted by molar-refractivity contribution is 0.740. The van der Waals surface area contributed by atoms with Crippen molar-refractivity contribution in [3.8, 4) is 23.1 Å². The van der Waals surface area contributed by atoms with E-state index in [1.54, 1.807) is 11.3 Å². The molecule has 0 N–H and O–H groups in total. The highest BCUT2D eigenvalue weighted by Crippen LogP contribution is 2.29. The molecule has 5 heteroatoms. The molecule has 0 saturated heterocycles. The topological polar surface area (TPSA) is 35.1 Å². The molecular formula is C20H18N4S. The first-order valence-corrected chi connectivity index (χ1v) is 9.12. The van der Waals surface area contributed by atoms with E-state index in [-0.39, 0.29) is 0 Å². The number of benzene rings is 1. The Hall–Kier alpha value is -2.84. The van der Waals surface area contributed by atoms with Crippen LogP contribution in [0.4, 0.5) is 0 Å². The maximum Gasteiger partial charge on any atom is 0.195 e. The van der Waals surface area contributed by atoms with Crippen molar-refractivity contribution in [1.29, 1.82) is 0 Å². The van der Waals surface area contributed by atoms with Gasteiger partial charge in [-0.3, -0.25) is 9.08 Å². The number of hydrogen-bond acceptors (Lipinski definition) is 3. The quantitative estimate of drug-likeness (QED) is 0.513. The van der Waals surface area contributed by atoms with Gasteiger partial charge in [-0.1, -0.05) is 43.2 Å². The zero-order valence-electron chi connectivity index (χ0n) is 14.4. The maximum absolute atomic E-state index is 4.80. The number of nitrogens with zero attached hydrogens (tertiary/aromatic N) is 4. The molecule has 1 aromatic carbocycles. The molecule has 4 rings (SSSR count). The lowest BCUT2D eigenvalue weighted by Crippen LogP contribution is -1.93. The van der Waals surface area contributed by atoms with Gasteiger partial charge in [0, 0.05) is 18.0 Å². The number of fused-ring (bicyclic) bond motifs is 1. The van der Waals surface area contributed by atoms with E-state index in [0.29, 0.717) is 0 Å². The minimum Gasteiger partial charge on any atom is -0.275 e. The molecule has 0 spiro atoms. The van der Waals surface area contributed by atoms with Crippen LogP contribution in [0.3, 0.4) is 0 Å². The van der Waals surface area contributed by atoms with Gasteiger partial charge in [0.25, 0.3) is 0 Å². The second kappa shape index (κ2) is 6.23. The standard InChI is InChI=1S/C20H18N4S/c1-4-18-19(15-8-6-5-7-9-15)24-17(13-25-20(24)22-18)11-10-16-12-21-23(3)14(16)2/h5-9,12-13H,4H2,1-3H3. The summed E-state index contributed by atoms with van der Waals surface area (Å²) in [5.74, 6) is 6.57. The third kappa shape index (κ3) is 2.65. The number of aryl methyl sites for hydroxylation is 2. The molecular weight excluding hydrogens is 328 g/mol. The third-order valence-electron chi connectivity index (χ3n) is 4.38. The summed E-state index contributed by atoms with van der Waals surface area (Å²) in [4.78, 5) is 5.79. The molecule has 124 valence electrons. The minimum atomic E-state index is 0.896. The molecule has 0 bridgehead atoms. The Balaban J connectivity index is 1.89. The summed E-state index contributed by atoms with van der Waals surface area (Å²) in [6.07, 6.45) is 2.71. The molecule has 3 aromatic heterocycles. The highest BCUT2D eigenvalue weighted by atomic mass is 32.1. The van der Waals surface area contributed by atoms with Crippen LogP contribution in [0.15, 0.2) is 41.9 Å². The summed E-state index contributed by atoms with van der Waals surface area (Å²) >= 11 is 1.63. The van der Waals surface area contributed by atoms with Crippen LogP contribution in [-0.4, -0.2) is 19.2 Å². The van der Waals surface area contributed by atoms with E-state index in [9.17, 15) is 0 Å². The molecule has 0 amide bonds. The highest BCUT2D eigenvalue weighted by molar-refractivity contribution is 7.15. The summed E-state index contributed by atoms with van der Waals surface area (Å²) in [6, 6.07) is 10.4. The van der Waals surface area contributed by atoms with Crippen LogP contribution in [0.5, 0.6) is 0 Å². The van der Waals surface area contributed by atoms with E-state index in [4.69, 9.17) is 4.98 Å². The summed E-state index contributed by atoms with van der Waals surface area (Å²) in [5.41, 5.74) is 6.42. The fraction of sp³-hybridized carbons (Fsp3) is 0.200. The molecule has 3 heterocycles. The van der Waals surface area contributed by atoms with Gasteiger partial charge in [-0.25, -0.2) is 4.98 Å². The largest absolute Gasteiger partial charge is 0.275 e. The Kier molecular flexibility index (Phi) is 3.90. The fourth-order valence-electron chi connectivity index (χ4n) is 2.88. The number of rotatable bonds is 2. The lowest BCUT2D eigenvalue weighted by Gasteiger charge is -2.03. The van der Waals surface area contributed by atoms with Gasteiger partial charge in [0.15, 0.2) is 4.96 Å². The van der Waals surface area contributed by atoms with Gasteiger partial charge in [-0.15, -0.1) is 11.3 Å². The number of thiazole rings is 1. The van der Waals surface area contributed by atoms with E-state index in [2.05, 4.69) is 57.9 Å². The molecule has 25 heavy (non-hydrogen) atoms. The first-order valence-electron chi connectivity index (χ1n) is 8.24. The van der Waals surface area contributed by atoms with E-state index >= 15 is 0 Å². The molecule has 0 radical (unpaired) electrons. The van der Waals surface area contributed by atoms with Crippen LogP contribution in [0, 0.1) is 18.8 Å². The molecule has 4 aromatic rings. The zero-order chi connectivity index (χ0) is 17.4. The summed E-state index contributed by atoms with van der Waals surface area (Å²) in [7, 11) is 1.93. The second-order valence-electron chi connectivity index (χ2n) is 5.88. The van der Waals surface area contributed by atoms with Crippen molar-refractivity contribution in [3.05, 3.63) is 64.6 Å². The average molecular weight is 346 g/mol. The van der Waals surface area contributed by atoms with Crippen molar-refractivity contribution in [2.75, 3.05) is 0 Å². The van der Waals surface area contributed by atoms with Crippen molar-refractivity contribution in [3.63, 3.8) is 0 Å². The van der Waals surface area contributed by atoms with Crippen molar-refractivity contribution in [2.24, 2.45) is 7.05 Å². The number of hydrogen-bond donors (Lipinski definition) is 0. The van der Waals surface area contributed by atoms with Crippen molar-refractivity contribution in [2.45, 2.75) is 20.3 Å². The predicted molar refractivity (Wildman–Crippen MR) is 102 cm³/mol. The maximum atomic E-state index is 4.80. The van der Waals surface area contributed by atoms with Gasteiger partial charge in [-0.2, -0.15) is 5.10 Å². The molecule has 0 fully saturated rings. The summed E-state index contributed by atoms with van der Waals surface area (Å²) in [5, 5.41) is 6.33. The van der Waals surface area contributed by atoms with Crippen LogP contribution < -0.4 is 0 Å². The van der Waals surface area contributed by atoms with E-state index in [1.807, 2.05) is 30.9 Å². The molecule has 4 nitrogen and oxygen atoms in total. The van der Waals surface area contributed by atoms with Crippen LogP contribution in [0.25, 0.3) is 16.2 Å². The molecule has 0 saturated carbocycles. The molecule has 0 aliphatic rings. The van der Waals surface area contributed by atoms with Crippen LogP contribution in [0.1, 0.15) is 29.6 Å². The molecule has 0 aliphatic heterocycles. The van der Waals surface area contributed by atoms with Gasteiger partial charge in [-0.05, 0) is 19.3 Å². The van der Waals surface area contributed by atoms with Crippen molar-refractivity contribution < 1.29 is 0 Å². The molecule has 0 atom stereocenters. The second-order valence-corrected chi connectivity index (χ2v) is 6.72. The Morgan fingerprint density at radius 3 is 2.64 bits per heavy atom. The first kappa shape index (κ1) is 15.7. The SMILES string of the molecule is CCc1nc2scc(C#Cc3cnn(C)c3C)n2c1-c1ccccc1. The monoisotopic (exact) mass is 346 g/mol. The highest BCUT2D eigenvalue weighted by Gasteiger charge is 2.16. The van der Waals surface area contributed by atoms with Crippen LogP contribution in [0.2, 0.25) is 0 Å². The molecule has 0 aliphatic carbocycles. The summed E-state index contributed by atoms with van der Waals surface area (Å²) < 4.78 is 4.02. The van der Waals surface area contributed by atoms with Gasteiger partial charge in [0.05, 0.1) is 28.8 Å². The number of imidazole rings is 1.